The van der Waals surface area contributed by atoms with Gasteiger partial charge in [-0.15, -0.1) is 12.4 Å². The molecule has 1 atom stereocenters. The lowest BCUT2D eigenvalue weighted by Crippen LogP contribution is -2.08. The Kier molecular flexibility index (Phi) is 4.84. The molecule has 0 aliphatic carbocycles. The van der Waals surface area contributed by atoms with E-state index in [1.165, 1.54) is 10.9 Å². The van der Waals surface area contributed by atoms with E-state index >= 15 is 0 Å². The maximum atomic E-state index is 6.13. The SMILES string of the molecule is CCC[C@@H](N)c1c[nH]c2ccc(Br)cc12.Cl. The lowest BCUT2D eigenvalue weighted by molar-refractivity contribution is 0.642. The topological polar surface area (TPSA) is 41.8 Å². The number of hydrogen-bond donors (Lipinski definition) is 2. The quantitative estimate of drug-likeness (QED) is 0.878. The maximum absolute atomic E-state index is 6.13. The van der Waals surface area contributed by atoms with Crippen LogP contribution in [-0.2, 0) is 0 Å². The second-order valence-corrected chi connectivity index (χ2v) is 4.74. The van der Waals surface area contributed by atoms with E-state index in [1.54, 1.807) is 0 Å². The first kappa shape index (κ1) is 13.6. The number of nitrogens with two attached hydrogens (primary N) is 1. The highest BCUT2D eigenvalue weighted by Gasteiger charge is 2.10. The third kappa shape index (κ3) is 2.59. The highest BCUT2D eigenvalue weighted by atomic mass is 79.9. The van der Waals surface area contributed by atoms with Gasteiger partial charge < -0.3 is 10.7 Å². The first-order chi connectivity index (χ1) is 7.22. The molecule has 4 heteroatoms. The van der Waals surface area contributed by atoms with E-state index in [-0.39, 0.29) is 18.4 Å². The smallest absolute Gasteiger partial charge is 0.0458 e. The van der Waals surface area contributed by atoms with Crippen LogP contribution >= 0.6 is 28.3 Å². The van der Waals surface area contributed by atoms with Crippen molar-refractivity contribution in [2.75, 3.05) is 0 Å². The fraction of sp³-hybridized carbons (Fsp3) is 0.333. The van der Waals surface area contributed by atoms with E-state index in [0.29, 0.717) is 0 Å². The molecule has 0 bridgehead atoms. The molecule has 2 aromatic rings. The minimum absolute atomic E-state index is 0. The van der Waals surface area contributed by atoms with E-state index in [4.69, 9.17) is 5.73 Å². The summed E-state index contributed by atoms with van der Waals surface area (Å²) in [5, 5.41) is 1.23. The molecular formula is C12H16BrClN2. The van der Waals surface area contributed by atoms with Gasteiger partial charge in [0.15, 0.2) is 0 Å². The van der Waals surface area contributed by atoms with Crippen LogP contribution in [0.25, 0.3) is 10.9 Å². The fourth-order valence-electron chi connectivity index (χ4n) is 1.89. The number of nitrogens with one attached hydrogen (secondary N) is 1. The Balaban J connectivity index is 0.00000128. The van der Waals surface area contributed by atoms with Gasteiger partial charge in [0.2, 0.25) is 0 Å². The summed E-state index contributed by atoms with van der Waals surface area (Å²) in [5.41, 5.74) is 8.50. The van der Waals surface area contributed by atoms with Crippen molar-refractivity contribution in [3.8, 4) is 0 Å². The van der Waals surface area contributed by atoms with Crippen LogP contribution in [0.5, 0.6) is 0 Å². The van der Waals surface area contributed by atoms with Gasteiger partial charge in [0.25, 0.3) is 0 Å². The third-order valence-corrected chi connectivity index (χ3v) is 3.17. The third-order valence-electron chi connectivity index (χ3n) is 2.67. The van der Waals surface area contributed by atoms with Crippen molar-refractivity contribution < 1.29 is 0 Å². The average Bonchev–Trinajstić information content (AvgIpc) is 2.60. The van der Waals surface area contributed by atoms with E-state index in [1.807, 2.05) is 12.3 Å². The first-order valence-corrected chi connectivity index (χ1v) is 6.03. The molecule has 0 saturated heterocycles. The Morgan fingerprint density at radius 1 is 1.44 bits per heavy atom. The molecule has 0 radical (unpaired) electrons. The number of H-pyrrole nitrogens is 1. The highest BCUT2D eigenvalue weighted by Crippen LogP contribution is 2.27. The van der Waals surface area contributed by atoms with Crippen LogP contribution in [0.15, 0.2) is 28.9 Å². The van der Waals surface area contributed by atoms with E-state index < -0.39 is 0 Å². The largest absolute Gasteiger partial charge is 0.361 e. The molecule has 2 rings (SSSR count). The zero-order valence-corrected chi connectivity index (χ0v) is 11.6. The molecule has 88 valence electrons. The second kappa shape index (κ2) is 5.71. The van der Waals surface area contributed by atoms with Crippen molar-refractivity contribution >= 4 is 39.2 Å². The predicted octanol–water partition coefficient (Wildman–Crippen LogP) is 4.15. The molecule has 0 unspecified atom stereocenters. The minimum atomic E-state index is 0. The van der Waals surface area contributed by atoms with E-state index in [0.717, 1.165) is 22.8 Å². The molecule has 2 nitrogen and oxygen atoms in total. The summed E-state index contributed by atoms with van der Waals surface area (Å²) in [6, 6.07) is 6.37. The normalized spacial score (nSPS) is 12.4. The van der Waals surface area contributed by atoms with Crippen molar-refractivity contribution in [3.63, 3.8) is 0 Å². The number of benzene rings is 1. The summed E-state index contributed by atoms with van der Waals surface area (Å²) in [6.07, 6.45) is 4.17. The van der Waals surface area contributed by atoms with E-state index in [9.17, 15) is 0 Å². The van der Waals surface area contributed by atoms with E-state index in [2.05, 4.69) is 40.0 Å². The van der Waals surface area contributed by atoms with Crippen LogP contribution in [0, 0.1) is 0 Å². The summed E-state index contributed by atoms with van der Waals surface area (Å²) >= 11 is 3.48. The van der Waals surface area contributed by atoms with Gasteiger partial charge in [-0.05, 0) is 30.2 Å². The molecule has 1 heterocycles. The van der Waals surface area contributed by atoms with Crippen molar-refractivity contribution in [2.45, 2.75) is 25.8 Å². The van der Waals surface area contributed by atoms with Gasteiger partial charge in [0.05, 0.1) is 0 Å². The molecule has 16 heavy (non-hydrogen) atoms. The molecule has 0 amide bonds. The molecule has 0 spiro atoms. The first-order valence-electron chi connectivity index (χ1n) is 5.24. The predicted molar refractivity (Wildman–Crippen MR) is 75.1 cm³/mol. The molecule has 1 aromatic heterocycles. The molecule has 3 N–H and O–H groups in total. The summed E-state index contributed by atoms with van der Waals surface area (Å²) in [5.74, 6) is 0. The van der Waals surface area contributed by atoms with Gasteiger partial charge in [-0.25, -0.2) is 0 Å². The number of hydrogen-bond acceptors (Lipinski definition) is 1. The van der Waals surface area contributed by atoms with Crippen LogP contribution in [0.1, 0.15) is 31.4 Å². The zero-order chi connectivity index (χ0) is 10.8. The van der Waals surface area contributed by atoms with Gasteiger partial charge in [-0.1, -0.05) is 29.3 Å². The van der Waals surface area contributed by atoms with Crippen LogP contribution in [0.3, 0.4) is 0 Å². The molecule has 0 aliphatic rings. The lowest BCUT2D eigenvalue weighted by Gasteiger charge is -2.08. The van der Waals surface area contributed by atoms with Crippen molar-refractivity contribution in [1.29, 1.82) is 0 Å². The lowest BCUT2D eigenvalue weighted by atomic mass is 10.0. The zero-order valence-electron chi connectivity index (χ0n) is 9.16. The van der Waals surface area contributed by atoms with Crippen LogP contribution in [0.2, 0.25) is 0 Å². The van der Waals surface area contributed by atoms with Crippen molar-refractivity contribution in [1.82, 2.24) is 4.98 Å². The standard InChI is InChI=1S/C12H15BrN2.ClH/c1-2-3-11(14)10-7-15-12-5-4-8(13)6-9(10)12;/h4-7,11,15H,2-3,14H2,1H3;1H/t11-;/m1./s1. The molecular weight excluding hydrogens is 288 g/mol. The minimum Gasteiger partial charge on any atom is -0.361 e. The second-order valence-electron chi connectivity index (χ2n) is 3.83. The van der Waals surface area contributed by atoms with Crippen molar-refractivity contribution in [3.05, 3.63) is 34.4 Å². The van der Waals surface area contributed by atoms with Crippen LogP contribution in [-0.4, -0.2) is 4.98 Å². The molecule has 0 fully saturated rings. The summed E-state index contributed by atoms with van der Waals surface area (Å²) in [7, 11) is 0. The monoisotopic (exact) mass is 302 g/mol. The van der Waals surface area contributed by atoms with Crippen LogP contribution < -0.4 is 5.73 Å². The number of rotatable bonds is 3. The number of fused-ring (bicyclic) bond motifs is 1. The number of halogens is 2. The Morgan fingerprint density at radius 3 is 2.88 bits per heavy atom. The summed E-state index contributed by atoms with van der Waals surface area (Å²) < 4.78 is 1.10. The molecule has 0 saturated carbocycles. The highest BCUT2D eigenvalue weighted by molar-refractivity contribution is 9.10. The average molecular weight is 304 g/mol. The number of aromatic nitrogens is 1. The van der Waals surface area contributed by atoms with Gasteiger partial charge in [0.1, 0.15) is 0 Å². The Hall–Kier alpha value is -0.510. The van der Waals surface area contributed by atoms with Crippen molar-refractivity contribution in [2.24, 2.45) is 5.73 Å². The van der Waals surface area contributed by atoms with Gasteiger partial charge in [-0.2, -0.15) is 0 Å². The van der Waals surface area contributed by atoms with Crippen LogP contribution in [0.4, 0.5) is 0 Å². The fourth-order valence-corrected chi connectivity index (χ4v) is 2.25. The number of aromatic amines is 1. The Labute approximate surface area is 110 Å². The molecule has 1 aromatic carbocycles. The van der Waals surface area contributed by atoms with Gasteiger partial charge in [0, 0.05) is 27.6 Å². The Bertz CT molecular complexity index is 467. The van der Waals surface area contributed by atoms with Gasteiger partial charge >= 0.3 is 0 Å². The summed E-state index contributed by atoms with van der Waals surface area (Å²) in [6.45, 7) is 2.16. The summed E-state index contributed by atoms with van der Waals surface area (Å²) in [4.78, 5) is 3.25. The Morgan fingerprint density at radius 2 is 2.19 bits per heavy atom. The maximum Gasteiger partial charge on any atom is 0.0458 e. The van der Waals surface area contributed by atoms with Gasteiger partial charge in [-0.3, -0.25) is 0 Å². The molecule has 0 aliphatic heterocycles.